The van der Waals surface area contributed by atoms with Gasteiger partial charge >= 0.3 is 0 Å². The molecule has 3 aromatic rings. The molecule has 4 rings (SSSR count). The van der Waals surface area contributed by atoms with Crippen molar-refractivity contribution < 1.29 is 9.53 Å². The van der Waals surface area contributed by atoms with Crippen LogP contribution in [-0.2, 0) is 4.74 Å². The van der Waals surface area contributed by atoms with Gasteiger partial charge in [0.05, 0.1) is 29.5 Å². The van der Waals surface area contributed by atoms with Crippen molar-refractivity contribution in [3.63, 3.8) is 0 Å². The van der Waals surface area contributed by atoms with E-state index in [-0.39, 0.29) is 5.91 Å². The van der Waals surface area contributed by atoms with Crippen molar-refractivity contribution in [3.05, 3.63) is 59.1 Å². The summed E-state index contributed by atoms with van der Waals surface area (Å²) in [6.07, 6.45) is 3.21. The van der Waals surface area contributed by atoms with Crippen molar-refractivity contribution in [1.82, 2.24) is 19.9 Å². The second-order valence-electron chi connectivity index (χ2n) is 6.75. The van der Waals surface area contributed by atoms with Gasteiger partial charge in [0.1, 0.15) is 12.1 Å². The van der Waals surface area contributed by atoms with Gasteiger partial charge in [-0.15, -0.1) is 0 Å². The molecule has 1 aromatic carbocycles. The third kappa shape index (κ3) is 3.92. The first-order valence-corrected chi connectivity index (χ1v) is 9.63. The fourth-order valence-electron chi connectivity index (χ4n) is 3.36. The third-order valence-electron chi connectivity index (χ3n) is 4.88. The molecule has 148 valence electrons. The van der Waals surface area contributed by atoms with E-state index in [1.807, 2.05) is 19.1 Å². The van der Waals surface area contributed by atoms with Gasteiger partial charge in [0.2, 0.25) is 0 Å². The second-order valence-corrected chi connectivity index (χ2v) is 7.16. The van der Waals surface area contributed by atoms with Crippen molar-refractivity contribution in [2.45, 2.75) is 6.92 Å². The van der Waals surface area contributed by atoms with Gasteiger partial charge in [0, 0.05) is 41.7 Å². The van der Waals surface area contributed by atoms with E-state index < -0.39 is 0 Å². The summed E-state index contributed by atoms with van der Waals surface area (Å²) in [5.74, 6) is 0.330. The molecule has 2 N–H and O–H groups in total. The second kappa shape index (κ2) is 8.14. The third-order valence-corrected chi connectivity index (χ3v) is 5.21. The highest BCUT2D eigenvalue weighted by Gasteiger charge is 2.22. The number of nitrogens with two attached hydrogens (primary N) is 1. The van der Waals surface area contributed by atoms with Gasteiger partial charge in [-0.2, -0.15) is 0 Å². The lowest BCUT2D eigenvalue weighted by atomic mass is 9.97. The number of morpholine rings is 1. The summed E-state index contributed by atoms with van der Waals surface area (Å²) in [5.41, 5.74) is 10.2. The van der Waals surface area contributed by atoms with E-state index in [1.165, 1.54) is 6.33 Å². The van der Waals surface area contributed by atoms with Crippen LogP contribution in [-0.4, -0.2) is 52.1 Å². The molecule has 0 unspecified atom stereocenters. The molecule has 1 fully saturated rings. The van der Waals surface area contributed by atoms with E-state index in [1.54, 1.807) is 29.3 Å². The summed E-state index contributed by atoms with van der Waals surface area (Å²) in [4.78, 5) is 27.7. The number of amides is 1. The van der Waals surface area contributed by atoms with Gasteiger partial charge < -0.3 is 15.4 Å². The van der Waals surface area contributed by atoms with E-state index in [4.69, 9.17) is 22.1 Å². The van der Waals surface area contributed by atoms with E-state index in [9.17, 15) is 4.79 Å². The SMILES string of the molecule is Cc1ncnc(-c2ccc(Cl)c(C(=O)N3CCOCC3)c2)c1-c1ccc(N)nc1. The summed E-state index contributed by atoms with van der Waals surface area (Å²) in [6.45, 7) is 4.07. The zero-order chi connectivity index (χ0) is 20.4. The Morgan fingerprint density at radius 1 is 1.10 bits per heavy atom. The van der Waals surface area contributed by atoms with Crippen molar-refractivity contribution in [2.75, 3.05) is 32.0 Å². The Kier molecular flexibility index (Phi) is 5.42. The maximum Gasteiger partial charge on any atom is 0.255 e. The minimum Gasteiger partial charge on any atom is -0.384 e. The fraction of sp³-hybridized carbons (Fsp3) is 0.238. The van der Waals surface area contributed by atoms with Gasteiger partial charge in [-0.05, 0) is 31.2 Å². The number of nitrogen functional groups attached to an aromatic ring is 1. The number of aryl methyl sites for hydroxylation is 1. The number of anilines is 1. The van der Waals surface area contributed by atoms with Crippen LogP contribution in [0.15, 0.2) is 42.9 Å². The van der Waals surface area contributed by atoms with Crippen LogP contribution in [0.3, 0.4) is 0 Å². The quantitative estimate of drug-likeness (QED) is 0.713. The number of carbonyl (C=O) groups is 1. The van der Waals surface area contributed by atoms with Crippen molar-refractivity contribution in [1.29, 1.82) is 0 Å². The molecule has 0 spiro atoms. The highest BCUT2D eigenvalue weighted by molar-refractivity contribution is 6.34. The number of pyridine rings is 1. The van der Waals surface area contributed by atoms with E-state index in [2.05, 4.69) is 15.0 Å². The van der Waals surface area contributed by atoms with Crippen LogP contribution < -0.4 is 5.73 Å². The zero-order valence-corrected chi connectivity index (χ0v) is 16.7. The number of ether oxygens (including phenoxy) is 1. The van der Waals surface area contributed by atoms with Crippen molar-refractivity contribution in [3.8, 4) is 22.4 Å². The number of carbonyl (C=O) groups excluding carboxylic acids is 1. The maximum atomic E-state index is 13.0. The molecule has 2 aromatic heterocycles. The zero-order valence-electron chi connectivity index (χ0n) is 15.9. The fourth-order valence-corrected chi connectivity index (χ4v) is 3.56. The largest absolute Gasteiger partial charge is 0.384 e. The summed E-state index contributed by atoms with van der Waals surface area (Å²) in [5, 5.41) is 0.409. The Hall–Kier alpha value is -3.03. The summed E-state index contributed by atoms with van der Waals surface area (Å²) in [6, 6.07) is 8.99. The van der Waals surface area contributed by atoms with E-state index >= 15 is 0 Å². The van der Waals surface area contributed by atoms with Crippen molar-refractivity contribution >= 4 is 23.3 Å². The Morgan fingerprint density at radius 2 is 1.86 bits per heavy atom. The lowest BCUT2D eigenvalue weighted by molar-refractivity contribution is 0.0303. The predicted octanol–water partition coefficient (Wildman–Crippen LogP) is 3.22. The topological polar surface area (TPSA) is 94.2 Å². The standard InChI is InChI=1S/C21H20ClN5O2/c1-13-19(15-3-5-18(23)24-11-15)20(26-12-25-13)14-2-4-17(22)16(10-14)21(28)27-6-8-29-9-7-27/h2-5,10-12H,6-9H2,1H3,(H2,23,24). The van der Waals surface area contributed by atoms with Gasteiger partial charge in [0.25, 0.3) is 5.91 Å². The minimum absolute atomic E-state index is 0.110. The van der Waals surface area contributed by atoms with E-state index in [0.717, 1.165) is 22.4 Å². The number of aromatic nitrogens is 3. The van der Waals surface area contributed by atoms with Crippen LogP contribution in [0.2, 0.25) is 5.02 Å². The smallest absolute Gasteiger partial charge is 0.255 e. The van der Waals surface area contributed by atoms with Gasteiger partial charge in [-0.25, -0.2) is 15.0 Å². The molecule has 7 nitrogen and oxygen atoms in total. The highest BCUT2D eigenvalue weighted by atomic mass is 35.5. The molecule has 0 radical (unpaired) electrons. The molecule has 1 saturated heterocycles. The summed E-state index contributed by atoms with van der Waals surface area (Å²) < 4.78 is 5.34. The summed E-state index contributed by atoms with van der Waals surface area (Å²) >= 11 is 6.37. The molecule has 3 heterocycles. The average Bonchev–Trinajstić information content (AvgIpc) is 2.75. The predicted molar refractivity (Wildman–Crippen MR) is 112 cm³/mol. The molecule has 29 heavy (non-hydrogen) atoms. The van der Waals surface area contributed by atoms with Crippen LogP contribution in [0.25, 0.3) is 22.4 Å². The molecule has 0 bridgehead atoms. The molecule has 1 amide bonds. The first-order valence-electron chi connectivity index (χ1n) is 9.25. The maximum absolute atomic E-state index is 13.0. The van der Waals surface area contributed by atoms with Gasteiger partial charge in [-0.1, -0.05) is 17.7 Å². The molecule has 0 saturated carbocycles. The van der Waals surface area contributed by atoms with Crippen LogP contribution in [0, 0.1) is 6.92 Å². The molecule has 1 aliphatic heterocycles. The summed E-state index contributed by atoms with van der Waals surface area (Å²) in [7, 11) is 0. The van der Waals surface area contributed by atoms with Crippen LogP contribution in [0.5, 0.6) is 0 Å². The molecule has 0 aliphatic carbocycles. The molecule has 1 aliphatic rings. The minimum atomic E-state index is -0.110. The number of benzene rings is 1. The molecule has 8 heteroatoms. The highest BCUT2D eigenvalue weighted by Crippen LogP contribution is 2.34. The lowest BCUT2D eigenvalue weighted by Gasteiger charge is -2.27. The Morgan fingerprint density at radius 3 is 2.59 bits per heavy atom. The Bertz CT molecular complexity index is 1050. The Balaban J connectivity index is 1.79. The monoisotopic (exact) mass is 409 g/mol. The Labute approximate surface area is 173 Å². The number of nitrogens with zero attached hydrogens (tertiary/aromatic N) is 4. The number of halogens is 1. The number of hydrogen-bond donors (Lipinski definition) is 1. The average molecular weight is 410 g/mol. The van der Waals surface area contributed by atoms with Crippen LogP contribution >= 0.6 is 11.6 Å². The van der Waals surface area contributed by atoms with E-state index in [0.29, 0.717) is 48.4 Å². The first-order chi connectivity index (χ1) is 14.0. The molecule has 0 atom stereocenters. The molecular weight excluding hydrogens is 390 g/mol. The van der Waals surface area contributed by atoms with Crippen LogP contribution in [0.4, 0.5) is 5.82 Å². The van der Waals surface area contributed by atoms with Gasteiger partial charge in [-0.3, -0.25) is 4.79 Å². The normalized spacial score (nSPS) is 14.1. The van der Waals surface area contributed by atoms with Crippen molar-refractivity contribution in [2.24, 2.45) is 0 Å². The first kappa shape index (κ1) is 19.3. The van der Waals surface area contributed by atoms with Gasteiger partial charge in [0.15, 0.2) is 0 Å². The number of hydrogen-bond acceptors (Lipinski definition) is 6. The number of rotatable bonds is 3. The molecular formula is C21H20ClN5O2. The lowest BCUT2D eigenvalue weighted by Crippen LogP contribution is -2.40. The van der Waals surface area contributed by atoms with Crippen LogP contribution in [0.1, 0.15) is 16.1 Å².